The van der Waals surface area contributed by atoms with E-state index in [0.29, 0.717) is 0 Å². The molecule has 0 atom stereocenters. The first-order valence-electron chi connectivity index (χ1n) is 7.46. The Morgan fingerprint density at radius 3 is 2.72 bits per heavy atom. The molecule has 4 heteroatoms. The van der Waals surface area contributed by atoms with Crippen molar-refractivity contribution in [2.45, 2.75) is 46.0 Å². The van der Waals surface area contributed by atoms with Crippen LogP contribution in [0.2, 0.25) is 0 Å². The van der Waals surface area contributed by atoms with Crippen LogP contribution < -0.4 is 10.6 Å². The summed E-state index contributed by atoms with van der Waals surface area (Å²) in [5.41, 5.74) is 0. The Kier molecular flexibility index (Phi) is 8.65. The number of guanidine groups is 1. The molecule has 0 radical (unpaired) electrons. The van der Waals surface area contributed by atoms with E-state index in [2.05, 4.69) is 22.5 Å². The normalized spacial score (nSPS) is 15.8. The third-order valence-electron chi connectivity index (χ3n) is 3.04. The fourth-order valence-corrected chi connectivity index (χ4v) is 1.85. The van der Waals surface area contributed by atoms with Crippen LogP contribution in [0.3, 0.4) is 0 Å². The average Bonchev–Trinajstić information content (AvgIpc) is 3.18. The van der Waals surface area contributed by atoms with Crippen molar-refractivity contribution in [3.8, 4) is 0 Å². The molecule has 0 bridgehead atoms. The molecule has 0 unspecified atom stereocenters. The maximum atomic E-state index is 5.30. The maximum Gasteiger partial charge on any atom is 0.191 e. The molecule has 0 aliphatic heterocycles. The van der Waals surface area contributed by atoms with E-state index < -0.39 is 0 Å². The van der Waals surface area contributed by atoms with Crippen LogP contribution >= 0.6 is 0 Å². The van der Waals surface area contributed by atoms with E-state index in [1.807, 2.05) is 6.92 Å². The van der Waals surface area contributed by atoms with Gasteiger partial charge in [0.1, 0.15) is 0 Å². The number of rotatable bonds is 10. The van der Waals surface area contributed by atoms with Gasteiger partial charge >= 0.3 is 0 Å². The molecule has 1 saturated carbocycles. The molecule has 0 aromatic heterocycles. The summed E-state index contributed by atoms with van der Waals surface area (Å²) in [5, 5.41) is 6.67. The monoisotopic (exact) mass is 255 g/mol. The van der Waals surface area contributed by atoms with Gasteiger partial charge in [-0.2, -0.15) is 0 Å². The molecular weight excluding hydrogens is 226 g/mol. The summed E-state index contributed by atoms with van der Waals surface area (Å²) in [4.78, 5) is 4.53. The Balaban J connectivity index is 2.05. The second-order valence-electron chi connectivity index (χ2n) is 4.82. The summed E-state index contributed by atoms with van der Waals surface area (Å²) in [6.45, 7) is 8.51. The predicted octanol–water partition coefficient (Wildman–Crippen LogP) is 2.16. The van der Waals surface area contributed by atoms with Gasteiger partial charge in [-0.05, 0) is 39.0 Å². The molecule has 4 nitrogen and oxygen atoms in total. The first kappa shape index (κ1) is 15.3. The summed E-state index contributed by atoms with van der Waals surface area (Å²) >= 11 is 0. The third-order valence-corrected chi connectivity index (χ3v) is 3.04. The van der Waals surface area contributed by atoms with Crippen molar-refractivity contribution in [2.75, 3.05) is 32.8 Å². The first-order chi connectivity index (χ1) is 8.86. The highest BCUT2D eigenvalue weighted by molar-refractivity contribution is 5.79. The molecule has 1 rings (SSSR count). The van der Waals surface area contributed by atoms with Gasteiger partial charge in [-0.1, -0.05) is 12.8 Å². The lowest BCUT2D eigenvalue weighted by atomic mass is 10.2. The first-order valence-corrected chi connectivity index (χ1v) is 7.46. The van der Waals surface area contributed by atoms with Gasteiger partial charge in [0.25, 0.3) is 0 Å². The van der Waals surface area contributed by atoms with E-state index >= 15 is 0 Å². The largest absolute Gasteiger partial charge is 0.382 e. The molecule has 0 amide bonds. The molecule has 0 spiro atoms. The predicted molar refractivity (Wildman–Crippen MR) is 77.0 cm³/mol. The van der Waals surface area contributed by atoms with E-state index in [4.69, 9.17) is 4.74 Å². The van der Waals surface area contributed by atoms with Crippen LogP contribution in [0.25, 0.3) is 0 Å². The quantitative estimate of drug-likeness (QED) is 0.357. The van der Waals surface area contributed by atoms with Crippen LogP contribution in [0, 0.1) is 5.92 Å². The SMILES string of the molecule is CCNC(=NCCCOCC)NCCCC1CC1. The molecular formula is C14H29N3O. The van der Waals surface area contributed by atoms with Gasteiger partial charge in [0.15, 0.2) is 5.96 Å². The molecule has 1 fully saturated rings. The number of hydrogen-bond donors (Lipinski definition) is 2. The summed E-state index contributed by atoms with van der Waals surface area (Å²) in [7, 11) is 0. The lowest BCUT2D eigenvalue weighted by molar-refractivity contribution is 0.146. The Morgan fingerprint density at radius 2 is 2.06 bits per heavy atom. The number of hydrogen-bond acceptors (Lipinski definition) is 2. The average molecular weight is 255 g/mol. The zero-order valence-corrected chi connectivity index (χ0v) is 12.0. The topological polar surface area (TPSA) is 45.7 Å². The van der Waals surface area contributed by atoms with Gasteiger partial charge in [-0.3, -0.25) is 4.99 Å². The van der Waals surface area contributed by atoms with Crippen molar-refractivity contribution < 1.29 is 4.74 Å². The third kappa shape index (κ3) is 8.34. The highest BCUT2D eigenvalue weighted by Crippen LogP contribution is 2.33. The second-order valence-corrected chi connectivity index (χ2v) is 4.82. The van der Waals surface area contributed by atoms with Crippen molar-refractivity contribution in [3.63, 3.8) is 0 Å². The van der Waals surface area contributed by atoms with Crippen molar-refractivity contribution in [1.29, 1.82) is 0 Å². The van der Waals surface area contributed by atoms with Gasteiger partial charge in [0.05, 0.1) is 0 Å². The molecule has 1 aliphatic rings. The van der Waals surface area contributed by atoms with E-state index in [1.54, 1.807) is 0 Å². The van der Waals surface area contributed by atoms with Gasteiger partial charge < -0.3 is 15.4 Å². The van der Waals surface area contributed by atoms with Gasteiger partial charge in [-0.15, -0.1) is 0 Å². The standard InChI is InChI=1S/C14H29N3O/c1-3-15-14(17-11-6-12-18-4-2)16-10-5-7-13-8-9-13/h13H,3-12H2,1-2H3,(H2,15,16,17). The number of ether oxygens (including phenoxy) is 1. The molecule has 18 heavy (non-hydrogen) atoms. The fraction of sp³-hybridized carbons (Fsp3) is 0.929. The van der Waals surface area contributed by atoms with Crippen molar-refractivity contribution in [1.82, 2.24) is 10.6 Å². The van der Waals surface area contributed by atoms with Gasteiger partial charge in [0, 0.05) is 32.8 Å². The van der Waals surface area contributed by atoms with Crippen molar-refractivity contribution >= 4 is 5.96 Å². The number of nitrogens with zero attached hydrogens (tertiary/aromatic N) is 1. The van der Waals surface area contributed by atoms with E-state index in [9.17, 15) is 0 Å². The molecule has 2 N–H and O–H groups in total. The zero-order chi connectivity index (χ0) is 13.1. The van der Waals surface area contributed by atoms with Crippen LogP contribution in [-0.4, -0.2) is 38.8 Å². The lowest BCUT2D eigenvalue weighted by Crippen LogP contribution is -2.37. The molecule has 1 aliphatic carbocycles. The lowest BCUT2D eigenvalue weighted by Gasteiger charge is -2.11. The smallest absolute Gasteiger partial charge is 0.191 e. The summed E-state index contributed by atoms with van der Waals surface area (Å²) in [6, 6.07) is 0. The minimum absolute atomic E-state index is 0.795. The van der Waals surface area contributed by atoms with Crippen LogP contribution in [0.1, 0.15) is 46.0 Å². The highest BCUT2D eigenvalue weighted by Gasteiger charge is 2.19. The van der Waals surface area contributed by atoms with Crippen LogP contribution in [0.15, 0.2) is 4.99 Å². The summed E-state index contributed by atoms with van der Waals surface area (Å²) in [6.07, 6.45) is 6.52. The molecule has 0 heterocycles. The summed E-state index contributed by atoms with van der Waals surface area (Å²) < 4.78 is 5.30. The van der Waals surface area contributed by atoms with Crippen LogP contribution in [0.4, 0.5) is 0 Å². The van der Waals surface area contributed by atoms with E-state index in [1.165, 1.54) is 25.7 Å². The van der Waals surface area contributed by atoms with Crippen molar-refractivity contribution in [2.24, 2.45) is 10.9 Å². The Bertz CT molecular complexity index is 227. The molecule has 0 aromatic rings. The summed E-state index contributed by atoms with van der Waals surface area (Å²) in [5.74, 6) is 1.97. The zero-order valence-electron chi connectivity index (χ0n) is 12.0. The minimum atomic E-state index is 0.795. The number of aliphatic imine (C=N–C) groups is 1. The molecule has 106 valence electrons. The van der Waals surface area contributed by atoms with E-state index in [0.717, 1.165) is 51.1 Å². The van der Waals surface area contributed by atoms with Gasteiger partial charge in [0.2, 0.25) is 0 Å². The second kappa shape index (κ2) is 10.2. The Morgan fingerprint density at radius 1 is 1.22 bits per heavy atom. The Labute approximate surface area is 112 Å². The van der Waals surface area contributed by atoms with E-state index in [-0.39, 0.29) is 0 Å². The van der Waals surface area contributed by atoms with Crippen molar-refractivity contribution in [3.05, 3.63) is 0 Å². The Hall–Kier alpha value is -0.770. The fourth-order valence-electron chi connectivity index (χ4n) is 1.85. The molecule has 0 saturated heterocycles. The van der Waals surface area contributed by atoms with Crippen LogP contribution in [-0.2, 0) is 4.74 Å². The minimum Gasteiger partial charge on any atom is -0.382 e. The highest BCUT2D eigenvalue weighted by atomic mass is 16.5. The molecule has 0 aromatic carbocycles. The van der Waals surface area contributed by atoms with Crippen LogP contribution in [0.5, 0.6) is 0 Å². The van der Waals surface area contributed by atoms with Gasteiger partial charge in [-0.25, -0.2) is 0 Å². The number of nitrogens with one attached hydrogen (secondary N) is 2. The maximum absolute atomic E-state index is 5.30.